The van der Waals surface area contributed by atoms with E-state index in [1.165, 1.54) is 13.0 Å². The van der Waals surface area contributed by atoms with Crippen molar-refractivity contribution in [1.82, 2.24) is 4.98 Å². The first-order valence-electron chi connectivity index (χ1n) is 5.93. The van der Waals surface area contributed by atoms with Gasteiger partial charge in [0.15, 0.2) is 12.7 Å². The van der Waals surface area contributed by atoms with Crippen LogP contribution in [0.25, 0.3) is 0 Å². The van der Waals surface area contributed by atoms with Crippen LogP contribution >= 0.6 is 0 Å². The molecule has 0 aliphatic heterocycles. The minimum atomic E-state index is -4.49. The summed E-state index contributed by atoms with van der Waals surface area (Å²) in [6.45, 7) is 0.0732. The number of alkyl halides is 3. The molecule has 0 aromatic carbocycles. The highest BCUT2D eigenvalue weighted by atomic mass is 19.4. The predicted octanol–water partition coefficient (Wildman–Crippen LogP) is 0.980. The number of pyridine rings is 1. The first kappa shape index (κ1) is 17.2. The summed E-state index contributed by atoms with van der Waals surface area (Å²) in [4.78, 5) is 14.8. The number of hydrogen-bond donors (Lipinski definition) is 2. The smallest absolute Gasteiger partial charge is 0.422 e. The lowest BCUT2D eigenvalue weighted by molar-refractivity contribution is -0.159. The van der Waals surface area contributed by atoms with Crippen LogP contribution in [0.2, 0.25) is 0 Å². The third-order valence-electron chi connectivity index (χ3n) is 2.31. The Morgan fingerprint density at radius 1 is 1.38 bits per heavy atom. The number of nitrogens with zero attached hydrogens (tertiary/aromatic N) is 1. The highest BCUT2D eigenvalue weighted by Gasteiger charge is 2.29. The number of ether oxygens (including phenoxy) is 2. The molecule has 6 nitrogen and oxygen atoms in total. The van der Waals surface area contributed by atoms with Gasteiger partial charge in [-0.1, -0.05) is 0 Å². The molecule has 0 aliphatic carbocycles. The number of rotatable bonds is 6. The molecule has 0 spiro atoms. The average molecular weight is 309 g/mol. The van der Waals surface area contributed by atoms with E-state index in [0.29, 0.717) is 0 Å². The molecule has 118 valence electrons. The van der Waals surface area contributed by atoms with Gasteiger partial charge in [0.2, 0.25) is 5.88 Å². The van der Waals surface area contributed by atoms with Gasteiger partial charge in [0.25, 0.3) is 0 Å². The van der Waals surface area contributed by atoms with E-state index in [0.717, 1.165) is 12.3 Å². The minimum Gasteiger partial charge on any atom is -0.468 e. The molecule has 0 radical (unpaired) electrons. The van der Waals surface area contributed by atoms with E-state index < -0.39 is 31.0 Å². The van der Waals surface area contributed by atoms with Gasteiger partial charge in [-0.3, -0.25) is 0 Å². The fourth-order valence-corrected chi connectivity index (χ4v) is 1.35. The van der Waals surface area contributed by atoms with Crippen LogP contribution in [-0.4, -0.2) is 46.7 Å². The molecule has 21 heavy (non-hydrogen) atoms. The monoisotopic (exact) mass is 309 g/mol. The molecule has 1 aromatic heterocycles. The van der Waals surface area contributed by atoms with Crippen molar-refractivity contribution in [3.05, 3.63) is 23.9 Å². The molecule has 0 amide bonds. The quantitative estimate of drug-likeness (QED) is 0.762. The van der Waals surface area contributed by atoms with Crippen molar-refractivity contribution in [3.8, 4) is 5.88 Å². The van der Waals surface area contributed by atoms with E-state index in [9.17, 15) is 28.2 Å². The lowest BCUT2D eigenvalue weighted by atomic mass is 10.1. The highest BCUT2D eigenvalue weighted by Crippen LogP contribution is 2.21. The molecule has 2 unspecified atom stereocenters. The Bertz CT molecular complexity index is 463. The standard InChI is InChI=1S/C12H14F3NO5/c1-2-20-11(19)10(18)9(17)7-3-4-8(16-5-7)21-6-12(13,14)15/h3-5,9-10,17-18H,2,6H2,1H3. The third-order valence-corrected chi connectivity index (χ3v) is 2.31. The minimum absolute atomic E-state index is 0.0328. The van der Waals surface area contributed by atoms with Crippen LogP contribution in [0.15, 0.2) is 18.3 Å². The number of aromatic nitrogens is 1. The van der Waals surface area contributed by atoms with E-state index in [1.807, 2.05) is 0 Å². The van der Waals surface area contributed by atoms with Gasteiger partial charge in [0.1, 0.15) is 6.10 Å². The molecule has 0 fully saturated rings. The molecule has 2 N–H and O–H groups in total. The molecule has 2 atom stereocenters. The Kier molecular flexibility index (Phi) is 5.91. The summed E-state index contributed by atoms with van der Waals surface area (Å²) in [5.41, 5.74) is 0.0370. The summed E-state index contributed by atoms with van der Waals surface area (Å²) in [6.07, 6.45) is -6.90. The predicted molar refractivity (Wildman–Crippen MR) is 63.4 cm³/mol. The van der Waals surface area contributed by atoms with Gasteiger partial charge in [0.05, 0.1) is 6.61 Å². The van der Waals surface area contributed by atoms with E-state index >= 15 is 0 Å². The van der Waals surface area contributed by atoms with Crippen molar-refractivity contribution in [3.63, 3.8) is 0 Å². The number of aliphatic hydroxyl groups excluding tert-OH is 2. The molecule has 1 rings (SSSR count). The Labute approximate surface area is 118 Å². The molecule has 0 saturated heterocycles. The van der Waals surface area contributed by atoms with Crippen molar-refractivity contribution in [2.75, 3.05) is 13.2 Å². The fraction of sp³-hybridized carbons (Fsp3) is 0.500. The topological polar surface area (TPSA) is 88.9 Å². The van der Waals surface area contributed by atoms with Crippen LogP contribution in [0.1, 0.15) is 18.6 Å². The zero-order valence-electron chi connectivity index (χ0n) is 11.0. The zero-order valence-corrected chi connectivity index (χ0v) is 11.0. The van der Waals surface area contributed by atoms with Gasteiger partial charge in [-0.05, 0) is 13.0 Å². The van der Waals surface area contributed by atoms with Crippen molar-refractivity contribution >= 4 is 5.97 Å². The van der Waals surface area contributed by atoms with Crippen LogP contribution in [-0.2, 0) is 9.53 Å². The Morgan fingerprint density at radius 3 is 2.52 bits per heavy atom. The largest absolute Gasteiger partial charge is 0.468 e. The highest BCUT2D eigenvalue weighted by molar-refractivity contribution is 5.75. The number of hydrogen-bond acceptors (Lipinski definition) is 6. The van der Waals surface area contributed by atoms with Gasteiger partial charge in [-0.25, -0.2) is 9.78 Å². The van der Waals surface area contributed by atoms with Crippen LogP contribution in [0.3, 0.4) is 0 Å². The molecule has 9 heteroatoms. The Morgan fingerprint density at radius 2 is 2.05 bits per heavy atom. The Hall–Kier alpha value is -1.87. The molecule has 0 saturated carbocycles. The summed E-state index contributed by atoms with van der Waals surface area (Å²) in [5.74, 6) is -1.31. The van der Waals surface area contributed by atoms with Crippen molar-refractivity contribution in [1.29, 1.82) is 0 Å². The van der Waals surface area contributed by atoms with Gasteiger partial charge in [-0.15, -0.1) is 0 Å². The number of esters is 1. The summed E-state index contributed by atoms with van der Waals surface area (Å²) >= 11 is 0. The first-order chi connectivity index (χ1) is 9.74. The zero-order chi connectivity index (χ0) is 16.0. The number of carbonyl (C=O) groups is 1. The van der Waals surface area contributed by atoms with Crippen molar-refractivity contribution in [2.45, 2.75) is 25.3 Å². The normalized spacial score (nSPS) is 14.4. The van der Waals surface area contributed by atoms with E-state index in [-0.39, 0.29) is 18.1 Å². The van der Waals surface area contributed by atoms with Crippen LogP contribution in [0, 0.1) is 0 Å². The summed E-state index contributed by atoms with van der Waals surface area (Å²) in [7, 11) is 0. The maximum Gasteiger partial charge on any atom is 0.422 e. The number of aliphatic hydroxyl groups is 2. The summed E-state index contributed by atoms with van der Waals surface area (Å²) in [5, 5.41) is 19.2. The second-order valence-electron chi connectivity index (χ2n) is 3.98. The van der Waals surface area contributed by atoms with Gasteiger partial charge < -0.3 is 19.7 Å². The average Bonchev–Trinajstić information content (AvgIpc) is 2.43. The van der Waals surface area contributed by atoms with E-state index in [1.54, 1.807) is 0 Å². The maximum absolute atomic E-state index is 11.9. The molecule has 0 aliphatic rings. The van der Waals surface area contributed by atoms with Crippen LogP contribution in [0.4, 0.5) is 13.2 Å². The molecule has 0 bridgehead atoms. The SMILES string of the molecule is CCOC(=O)C(O)C(O)c1ccc(OCC(F)(F)F)nc1. The molecular formula is C12H14F3NO5. The second kappa shape index (κ2) is 7.23. The number of carbonyl (C=O) groups excluding carboxylic acids is 1. The van der Waals surface area contributed by atoms with Gasteiger partial charge >= 0.3 is 12.1 Å². The molecular weight excluding hydrogens is 295 g/mol. The van der Waals surface area contributed by atoms with Crippen molar-refractivity contribution in [2.24, 2.45) is 0 Å². The third kappa shape index (κ3) is 5.56. The van der Waals surface area contributed by atoms with Crippen LogP contribution < -0.4 is 4.74 Å². The lowest BCUT2D eigenvalue weighted by Gasteiger charge is -2.16. The van der Waals surface area contributed by atoms with E-state index in [2.05, 4.69) is 14.5 Å². The lowest BCUT2D eigenvalue weighted by Crippen LogP contribution is -2.30. The fourth-order valence-electron chi connectivity index (χ4n) is 1.35. The van der Waals surface area contributed by atoms with Gasteiger partial charge in [-0.2, -0.15) is 13.2 Å². The van der Waals surface area contributed by atoms with E-state index in [4.69, 9.17) is 0 Å². The first-order valence-corrected chi connectivity index (χ1v) is 5.93. The van der Waals surface area contributed by atoms with Crippen LogP contribution in [0.5, 0.6) is 5.88 Å². The Balaban J connectivity index is 2.66. The molecule has 1 aromatic rings. The molecule has 1 heterocycles. The van der Waals surface area contributed by atoms with Crippen molar-refractivity contribution < 1.29 is 37.7 Å². The van der Waals surface area contributed by atoms with Gasteiger partial charge in [0, 0.05) is 17.8 Å². The second-order valence-corrected chi connectivity index (χ2v) is 3.98. The summed E-state index contributed by atoms with van der Waals surface area (Å²) < 4.78 is 44.7. The summed E-state index contributed by atoms with van der Waals surface area (Å²) in [6, 6.07) is 2.27. The maximum atomic E-state index is 11.9. The number of halogens is 3.